The number of carbonyl (C=O) groups is 2. The van der Waals surface area contributed by atoms with E-state index in [1.165, 1.54) is 12.1 Å². The molecule has 2 aromatic carbocycles. The van der Waals surface area contributed by atoms with Crippen molar-refractivity contribution in [3.8, 4) is 6.07 Å². The lowest BCUT2D eigenvalue weighted by Gasteiger charge is -2.34. The summed E-state index contributed by atoms with van der Waals surface area (Å²) in [5.41, 5.74) is 6.62. The van der Waals surface area contributed by atoms with Gasteiger partial charge in [0.25, 0.3) is 0 Å². The van der Waals surface area contributed by atoms with Gasteiger partial charge in [-0.25, -0.2) is 13.2 Å². The Kier molecular flexibility index (Phi) is 9.94. The molecule has 0 bridgehead atoms. The largest absolute Gasteiger partial charge is 0.444 e. The molecule has 1 aliphatic heterocycles. The molecule has 0 saturated carbocycles. The van der Waals surface area contributed by atoms with Gasteiger partial charge in [-0.2, -0.15) is 9.98 Å². The number of nitriles is 1. The second-order valence-corrected chi connectivity index (χ2v) is 12.5. The number of rotatable bonds is 9. The fraction of sp³-hybridized carbons (Fsp3) is 0.464. The number of benzene rings is 2. The van der Waals surface area contributed by atoms with E-state index in [0.717, 1.165) is 19.3 Å². The van der Waals surface area contributed by atoms with Crippen LogP contribution >= 0.6 is 0 Å². The van der Waals surface area contributed by atoms with Gasteiger partial charge in [0, 0.05) is 25.3 Å². The Morgan fingerprint density at radius 1 is 1.15 bits per heavy atom. The highest BCUT2D eigenvalue weighted by Crippen LogP contribution is 2.22. The molecule has 10 nitrogen and oxygen atoms in total. The highest BCUT2D eigenvalue weighted by Gasteiger charge is 2.32. The zero-order valence-electron chi connectivity index (χ0n) is 22.6. The third kappa shape index (κ3) is 9.26. The minimum Gasteiger partial charge on any atom is -0.444 e. The summed E-state index contributed by atoms with van der Waals surface area (Å²) >= 11 is 0. The molecule has 3 rings (SSSR count). The van der Waals surface area contributed by atoms with Gasteiger partial charge in [-0.15, -0.1) is 0 Å². The number of alkyl carbamates (subject to hydrolysis) is 1. The first-order valence-electron chi connectivity index (χ1n) is 13.0. The van der Waals surface area contributed by atoms with Gasteiger partial charge in [0.1, 0.15) is 11.6 Å². The first kappa shape index (κ1) is 29.9. The van der Waals surface area contributed by atoms with Gasteiger partial charge in [-0.1, -0.05) is 18.2 Å². The number of carbonyl (C=O) groups excluding carboxylic acids is 2. The molecular weight excluding hydrogens is 518 g/mol. The molecule has 0 unspecified atom stereocenters. The predicted octanol–water partition coefficient (Wildman–Crippen LogP) is 3.18. The van der Waals surface area contributed by atoms with E-state index in [1.807, 2.05) is 20.8 Å². The van der Waals surface area contributed by atoms with Crippen molar-refractivity contribution < 1.29 is 22.7 Å². The van der Waals surface area contributed by atoms with Crippen LogP contribution in [-0.2, 0) is 26.0 Å². The number of nitrogens with zero attached hydrogens (tertiary/aromatic N) is 2. The van der Waals surface area contributed by atoms with Crippen molar-refractivity contribution in [3.05, 3.63) is 59.7 Å². The molecule has 4 N–H and O–H groups in total. The number of ether oxygens (including phenoxy) is 1. The summed E-state index contributed by atoms with van der Waals surface area (Å²) < 4.78 is 34.2. The predicted molar refractivity (Wildman–Crippen MR) is 148 cm³/mol. The third-order valence-electron chi connectivity index (χ3n) is 6.41. The van der Waals surface area contributed by atoms with Crippen LogP contribution in [-0.4, -0.2) is 56.6 Å². The van der Waals surface area contributed by atoms with Crippen molar-refractivity contribution in [1.82, 2.24) is 14.9 Å². The Morgan fingerprint density at radius 3 is 2.49 bits per heavy atom. The second-order valence-electron chi connectivity index (χ2n) is 10.7. The lowest BCUT2D eigenvalue weighted by atomic mass is 9.93. The van der Waals surface area contributed by atoms with Crippen molar-refractivity contribution in [1.29, 1.82) is 5.26 Å². The van der Waals surface area contributed by atoms with E-state index in [9.17, 15) is 23.3 Å². The summed E-state index contributed by atoms with van der Waals surface area (Å²) in [6, 6.07) is 13.7. The highest BCUT2D eigenvalue weighted by atomic mass is 32.2. The Morgan fingerprint density at radius 2 is 1.85 bits per heavy atom. The molecule has 39 heavy (non-hydrogen) atoms. The number of nitrogen functional groups attached to an aromatic ring is 1. The van der Waals surface area contributed by atoms with Crippen LogP contribution in [0.25, 0.3) is 0 Å². The number of amides is 2. The lowest BCUT2D eigenvalue weighted by molar-refractivity contribution is -0.134. The molecule has 1 fully saturated rings. The number of nitrogens with one attached hydrogen (secondary N) is 2. The van der Waals surface area contributed by atoms with Gasteiger partial charge in [0.2, 0.25) is 15.9 Å². The number of nitrogens with two attached hydrogens (primary N) is 1. The summed E-state index contributed by atoms with van der Waals surface area (Å²) in [5, 5.41) is 12.0. The summed E-state index contributed by atoms with van der Waals surface area (Å²) in [6.45, 7) is 6.85. The van der Waals surface area contributed by atoms with Crippen molar-refractivity contribution >= 4 is 27.7 Å². The molecule has 0 aliphatic carbocycles. The molecule has 0 spiro atoms. The Hall–Kier alpha value is -3.62. The molecule has 2 aromatic rings. The topological polar surface area (TPSA) is 155 Å². The lowest BCUT2D eigenvalue weighted by Crippen LogP contribution is -2.51. The highest BCUT2D eigenvalue weighted by molar-refractivity contribution is 7.89. The summed E-state index contributed by atoms with van der Waals surface area (Å²) in [5.74, 6) is -0.00565. The van der Waals surface area contributed by atoms with E-state index in [2.05, 4.69) is 16.1 Å². The third-order valence-corrected chi connectivity index (χ3v) is 7.88. The maximum absolute atomic E-state index is 13.6. The number of hydrogen-bond donors (Lipinski definition) is 3. The molecule has 1 saturated heterocycles. The minimum atomic E-state index is -4.04. The van der Waals surface area contributed by atoms with Crippen LogP contribution < -0.4 is 15.8 Å². The normalized spacial score (nSPS) is 15.3. The average molecular weight is 556 g/mol. The maximum Gasteiger partial charge on any atom is 0.407 e. The fourth-order valence-electron chi connectivity index (χ4n) is 4.47. The molecule has 11 heteroatoms. The Labute approximate surface area is 230 Å². The van der Waals surface area contributed by atoms with Crippen LogP contribution in [0.1, 0.15) is 51.2 Å². The van der Waals surface area contributed by atoms with Gasteiger partial charge >= 0.3 is 6.09 Å². The zero-order chi connectivity index (χ0) is 28.6. The van der Waals surface area contributed by atoms with E-state index in [1.54, 1.807) is 41.3 Å². The fourth-order valence-corrected chi connectivity index (χ4v) is 5.72. The smallest absolute Gasteiger partial charge is 0.407 e. The maximum atomic E-state index is 13.6. The molecular formula is C28H37N5O5S. The van der Waals surface area contributed by atoms with Gasteiger partial charge < -0.3 is 20.7 Å². The van der Waals surface area contributed by atoms with Crippen molar-refractivity contribution in [2.75, 3.05) is 25.4 Å². The monoisotopic (exact) mass is 555 g/mol. The number of anilines is 1. The van der Waals surface area contributed by atoms with Crippen LogP contribution in [0.15, 0.2) is 53.4 Å². The summed E-state index contributed by atoms with van der Waals surface area (Å²) in [6.07, 6.45) is 1.87. The first-order valence-corrected chi connectivity index (χ1v) is 14.5. The van der Waals surface area contributed by atoms with Crippen LogP contribution in [0, 0.1) is 17.2 Å². The van der Waals surface area contributed by atoms with Gasteiger partial charge in [-0.05, 0) is 88.3 Å². The quantitative estimate of drug-likeness (QED) is 0.401. The van der Waals surface area contributed by atoms with E-state index in [-0.39, 0.29) is 17.2 Å². The van der Waals surface area contributed by atoms with E-state index < -0.39 is 27.8 Å². The van der Waals surface area contributed by atoms with Crippen LogP contribution in [0.2, 0.25) is 0 Å². The molecule has 0 radical (unpaired) electrons. The second kappa shape index (κ2) is 13.0. The Bertz CT molecular complexity index is 1310. The van der Waals surface area contributed by atoms with Gasteiger partial charge in [-0.3, -0.25) is 4.79 Å². The zero-order valence-corrected chi connectivity index (χ0v) is 23.5. The van der Waals surface area contributed by atoms with E-state index >= 15 is 0 Å². The molecule has 210 valence electrons. The molecule has 1 aliphatic rings. The van der Waals surface area contributed by atoms with Gasteiger partial charge in [0.05, 0.1) is 16.5 Å². The van der Waals surface area contributed by atoms with Crippen molar-refractivity contribution in [2.45, 2.75) is 63.0 Å². The van der Waals surface area contributed by atoms with Crippen LogP contribution in [0.5, 0.6) is 0 Å². The molecule has 1 heterocycles. The summed E-state index contributed by atoms with van der Waals surface area (Å²) in [4.78, 5) is 27.1. The van der Waals surface area contributed by atoms with Crippen LogP contribution in [0.4, 0.5) is 10.5 Å². The molecule has 1 atom stereocenters. The number of sulfonamides is 1. The standard InChI is InChI=1S/C28H37N5O5S/c1-28(2,3)38-27(35)31-13-10-20-11-14-33(15-12-20)26(34)25(17-21-6-4-7-22(16-21)19-29)32-39(36,37)24-9-5-8-23(30)18-24/h4-9,16,18,20,25,32H,10-15,17,30H2,1-3H3,(H,31,35)/t25-/m0/s1. The molecule has 2 amide bonds. The Balaban J connectivity index is 1.66. The first-order chi connectivity index (χ1) is 18.4. The minimum absolute atomic E-state index is 0.0257. The average Bonchev–Trinajstić information content (AvgIpc) is 2.87. The van der Waals surface area contributed by atoms with Gasteiger partial charge in [0.15, 0.2) is 0 Å². The number of hydrogen-bond acceptors (Lipinski definition) is 7. The van der Waals surface area contributed by atoms with Crippen molar-refractivity contribution in [3.63, 3.8) is 0 Å². The SMILES string of the molecule is CC(C)(C)OC(=O)NCCC1CCN(C(=O)[C@H](Cc2cccc(C#N)c2)NS(=O)(=O)c2cccc(N)c2)CC1. The van der Waals surface area contributed by atoms with E-state index in [4.69, 9.17) is 10.5 Å². The molecule has 0 aromatic heterocycles. The number of piperidine rings is 1. The van der Waals surface area contributed by atoms with Crippen molar-refractivity contribution in [2.24, 2.45) is 5.92 Å². The van der Waals surface area contributed by atoms with E-state index in [0.29, 0.717) is 42.4 Å². The van der Waals surface area contributed by atoms with Crippen LogP contribution in [0.3, 0.4) is 0 Å². The number of likely N-dealkylation sites (tertiary alicyclic amines) is 1. The summed E-state index contributed by atoms with van der Waals surface area (Å²) in [7, 11) is -4.04.